The van der Waals surface area contributed by atoms with Gasteiger partial charge in [0.1, 0.15) is 5.75 Å². The third-order valence-corrected chi connectivity index (χ3v) is 3.05. The number of nitrogens with zero attached hydrogens (tertiary/aromatic N) is 2. The number of benzene rings is 1. The standard InChI is InChI=1S/C15H25N3O2/c1-4-18(12-15(19)17(2)3)9-6-10-20-14-8-5-7-13(16)11-14/h5,7-8,11H,4,6,9-10,12,16H2,1-3H3. The Hall–Kier alpha value is -1.75. The van der Waals surface area contributed by atoms with Crippen molar-refractivity contribution in [2.75, 3.05) is 46.1 Å². The molecule has 5 nitrogen and oxygen atoms in total. The van der Waals surface area contributed by atoms with Crippen molar-refractivity contribution in [3.63, 3.8) is 0 Å². The average Bonchev–Trinajstić information content (AvgIpc) is 2.41. The van der Waals surface area contributed by atoms with Gasteiger partial charge in [0, 0.05) is 32.4 Å². The predicted octanol–water partition coefficient (Wildman–Crippen LogP) is 1.45. The molecule has 0 spiro atoms. The number of amides is 1. The maximum Gasteiger partial charge on any atom is 0.236 e. The molecule has 0 fully saturated rings. The number of hydrogen-bond acceptors (Lipinski definition) is 4. The van der Waals surface area contributed by atoms with E-state index in [2.05, 4.69) is 11.8 Å². The highest BCUT2D eigenvalue weighted by atomic mass is 16.5. The Bertz CT molecular complexity index is 421. The maximum absolute atomic E-state index is 11.6. The lowest BCUT2D eigenvalue weighted by atomic mass is 10.3. The van der Waals surface area contributed by atoms with Crippen LogP contribution in [0.2, 0.25) is 0 Å². The van der Waals surface area contributed by atoms with Crippen molar-refractivity contribution in [1.29, 1.82) is 0 Å². The number of likely N-dealkylation sites (N-methyl/N-ethyl adjacent to an activating group) is 2. The molecule has 0 radical (unpaired) electrons. The van der Waals surface area contributed by atoms with Gasteiger partial charge < -0.3 is 15.4 Å². The molecule has 1 aromatic rings. The molecule has 1 aromatic carbocycles. The van der Waals surface area contributed by atoms with Crippen LogP contribution in [0.1, 0.15) is 13.3 Å². The molecule has 0 saturated carbocycles. The number of carbonyl (C=O) groups excluding carboxylic acids is 1. The van der Waals surface area contributed by atoms with Crippen LogP contribution in [0.25, 0.3) is 0 Å². The summed E-state index contributed by atoms with van der Waals surface area (Å²) in [6.07, 6.45) is 0.878. The van der Waals surface area contributed by atoms with E-state index in [1.54, 1.807) is 19.0 Å². The summed E-state index contributed by atoms with van der Waals surface area (Å²) < 4.78 is 5.63. The van der Waals surface area contributed by atoms with E-state index in [1.165, 1.54) is 0 Å². The predicted molar refractivity (Wildman–Crippen MR) is 81.8 cm³/mol. The van der Waals surface area contributed by atoms with Crippen molar-refractivity contribution in [1.82, 2.24) is 9.80 Å². The summed E-state index contributed by atoms with van der Waals surface area (Å²) in [7, 11) is 3.55. The molecule has 2 N–H and O–H groups in total. The van der Waals surface area contributed by atoms with Crippen molar-refractivity contribution >= 4 is 11.6 Å². The van der Waals surface area contributed by atoms with Crippen LogP contribution >= 0.6 is 0 Å². The van der Waals surface area contributed by atoms with Gasteiger partial charge in [-0.1, -0.05) is 13.0 Å². The molecule has 0 unspecified atom stereocenters. The summed E-state index contributed by atoms with van der Waals surface area (Å²) >= 11 is 0. The zero-order chi connectivity index (χ0) is 15.0. The van der Waals surface area contributed by atoms with Gasteiger partial charge in [-0.15, -0.1) is 0 Å². The third kappa shape index (κ3) is 5.93. The number of nitrogens with two attached hydrogens (primary N) is 1. The highest BCUT2D eigenvalue weighted by molar-refractivity contribution is 5.77. The van der Waals surface area contributed by atoms with E-state index < -0.39 is 0 Å². The van der Waals surface area contributed by atoms with E-state index in [4.69, 9.17) is 10.5 Å². The molecule has 112 valence electrons. The Morgan fingerprint density at radius 2 is 2.10 bits per heavy atom. The van der Waals surface area contributed by atoms with Crippen LogP contribution in [-0.2, 0) is 4.79 Å². The highest BCUT2D eigenvalue weighted by Crippen LogP contribution is 2.14. The molecule has 0 aliphatic heterocycles. The van der Waals surface area contributed by atoms with Gasteiger partial charge >= 0.3 is 0 Å². The molecule has 1 rings (SSSR count). The van der Waals surface area contributed by atoms with Gasteiger partial charge in [-0.3, -0.25) is 9.69 Å². The summed E-state index contributed by atoms with van der Waals surface area (Å²) in [5, 5.41) is 0. The summed E-state index contributed by atoms with van der Waals surface area (Å²) in [5.41, 5.74) is 6.39. The third-order valence-electron chi connectivity index (χ3n) is 3.05. The molecule has 0 bridgehead atoms. The minimum Gasteiger partial charge on any atom is -0.493 e. The zero-order valence-corrected chi connectivity index (χ0v) is 12.6. The first kappa shape index (κ1) is 16.3. The fourth-order valence-electron chi connectivity index (χ4n) is 1.76. The minimum absolute atomic E-state index is 0.128. The molecule has 0 atom stereocenters. The van der Waals surface area contributed by atoms with E-state index in [0.717, 1.165) is 25.3 Å². The van der Waals surface area contributed by atoms with Crippen molar-refractivity contribution in [3.05, 3.63) is 24.3 Å². The Labute approximate surface area is 121 Å². The molecule has 0 saturated heterocycles. The first-order valence-corrected chi connectivity index (χ1v) is 6.93. The number of rotatable bonds is 8. The normalized spacial score (nSPS) is 10.6. The van der Waals surface area contributed by atoms with E-state index in [9.17, 15) is 4.79 Å². The quantitative estimate of drug-likeness (QED) is 0.578. The number of ether oxygens (including phenoxy) is 1. The second kappa shape index (κ2) is 8.43. The SMILES string of the molecule is CCN(CCCOc1cccc(N)c1)CC(=O)N(C)C. The van der Waals surface area contributed by atoms with Gasteiger partial charge in [0.05, 0.1) is 13.2 Å². The molecule has 20 heavy (non-hydrogen) atoms. The largest absolute Gasteiger partial charge is 0.493 e. The van der Waals surface area contributed by atoms with Crippen molar-refractivity contribution in [2.45, 2.75) is 13.3 Å². The van der Waals surface area contributed by atoms with Crippen molar-refractivity contribution in [2.24, 2.45) is 0 Å². The molecule has 1 amide bonds. The second-order valence-corrected chi connectivity index (χ2v) is 4.93. The fourth-order valence-corrected chi connectivity index (χ4v) is 1.76. The topological polar surface area (TPSA) is 58.8 Å². The van der Waals surface area contributed by atoms with Crippen LogP contribution in [0, 0.1) is 0 Å². The Morgan fingerprint density at radius 3 is 2.70 bits per heavy atom. The zero-order valence-electron chi connectivity index (χ0n) is 12.6. The lowest BCUT2D eigenvalue weighted by Gasteiger charge is -2.21. The van der Waals surface area contributed by atoms with Crippen LogP contribution in [0.4, 0.5) is 5.69 Å². The molecule has 5 heteroatoms. The number of anilines is 1. The van der Waals surface area contributed by atoms with Crippen LogP contribution < -0.4 is 10.5 Å². The van der Waals surface area contributed by atoms with Gasteiger partial charge in [0.15, 0.2) is 0 Å². The average molecular weight is 279 g/mol. The molecule has 0 aliphatic carbocycles. The van der Waals surface area contributed by atoms with E-state index in [1.807, 2.05) is 24.3 Å². The Kier molecular flexibility index (Phi) is 6.87. The van der Waals surface area contributed by atoms with E-state index >= 15 is 0 Å². The smallest absolute Gasteiger partial charge is 0.236 e. The molecule has 0 aliphatic rings. The summed E-state index contributed by atoms with van der Waals surface area (Å²) in [6, 6.07) is 7.41. The van der Waals surface area contributed by atoms with Gasteiger partial charge in [-0.25, -0.2) is 0 Å². The monoisotopic (exact) mass is 279 g/mol. The van der Waals surface area contributed by atoms with Gasteiger partial charge in [-0.2, -0.15) is 0 Å². The first-order valence-electron chi connectivity index (χ1n) is 6.93. The summed E-state index contributed by atoms with van der Waals surface area (Å²) in [4.78, 5) is 15.4. The van der Waals surface area contributed by atoms with Gasteiger partial charge in [0.25, 0.3) is 0 Å². The molecular weight excluding hydrogens is 254 g/mol. The summed E-state index contributed by atoms with van der Waals surface area (Å²) in [5.74, 6) is 0.918. The van der Waals surface area contributed by atoms with Crippen molar-refractivity contribution < 1.29 is 9.53 Å². The van der Waals surface area contributed by atoms with E-state index in [-0.39, 0.29) is 5.91 Å². The number of nitrogen functional groups attached to an aromatic ring is 1. The second-order valence-electron chi connectivity index (χ2n) is 4.93. The van der Waals surface area contributed by atoms with E-state index in [0.29, 0.717) is 18.8 Å². The molecular formula is C15H25N3O2. The van der Waals surface area contributed by atoms with Crippen LogP contribution in [0.3, 0.4) is 0 Å². The maximum atomic E-state index is 11.6. The van der Waals surface area contributed by atoms with Crippen LogP contribution in [0.5, 0.6) is 5.75 Å². The van der Waals surface area contributed by atoms with Gasteiger partial charge in [0.2, 0.25) is 5.91 Å². The fraction of sp³-hybridized carbons (Fsp3) is 0.533. The van der Waals surface area contributed by atoms with Crippen LogP contribution in [0.15, 0.2) is 24.3 Å². The van der Waals surface area contributed by atoms with Crippen molar-refractivity contribution in [3.8, 4) is 5.75 Å². The first-order chi connectivity index (χ1) is 9.52. The number of carbonyl (C=O) groups is 1. The molecule has 0 aromatic heterocycles. The molecule has 0 heterocycles. The Balaban J connectivity index is 2.26. The Morgan fingerprint density at radius 1 is 1.35 bits per heavy atom. The number of hydrogen-bond donors (Lipinski definition) is 1. The lowest BCUT2D eigenvalue weighted by Crippen LogP contribution is -2.37. The van der Waals surface area contributed by atoms with Crippen LogP contribution in [-0.4, -0.2) is 56.0 Å². The van der Waals surface area contributed by atoms with Gasteiger partial charge in [-0.05, 0) is 25.1 Å². The summed E-state index contributed by atoms with van der Waals surface area (Å²) in [6.45, 7) is 4.84. The highest BCUT2D eigenvalue weighted by Gasteiger charge is 2.10. The lowest BCUT2D eigenvalue weighted by molar-refractivity contribution is -0.129. The minimum atomic E-state index is 0.128.